The van der Waals surface area contributed by atoms with Crippen LogP contribution in [0.1, 0.15) is 24.7 Å². The molecule has 31 heavy (non-hydrogen) atoms. The van der Waals surface area contributed by atoms with Gasteiger partial charge in [0.2, 0.25) is 11.9 Å². The van der Waals surface area contributed by atoms with Crippen LogP contribution in [-0.2, 0) is 17.8 Å². The normalized spacial score (nSPS) is 18.2. The van der Waals surface area contributed by atoms with Crippen LogP contribution in [0.15, 0.2) is 60.7 Å². The molecule has 0 spiro atoms. The zero-order valence-corrected chi connectivity index (χ0v) is 17.1. The molecule has 3 amide bonds. The number of para-hydroxylation sites is 1. The van der Waals surface area contributed by atoms with Crippen LogP contribution in [0.2, 0.25) is 0 Å². The maximum Gasteiger partial charge on any atom is 0.325 e. The summed E-state index contributed by atoms with van der Waals surface area (Å²) in [6.45, 7) is 1.64. The number of nitrogen functional groups attached to an aromatic ring is 1. The Hall–Kier alpha value is -4.01. The molecule has 4 N–H and O–H groups in total. The number of aromatic nitrogens is 3. The predicted octanol–water partition coefficient (Wildman–Crippen LogP) is 2.64. The fourth-order valence-electron chi connectivity index (χ4n) is 3.46. The summed E-state index contributed by atoms with van der Waals surface area (Å²) in [5.74, 6) is 0.154. The van der Waals surface area contributed by atoms with Crippen LogP contribution in [0.25, 0.3) is 0 Å². The minimum absolute atomic E-state index is 0.00215. The number of urea groups is 1. The van der Waals surface area contributed by atoms with Gasteiger partial charge >= 0.3 is 6.03 Å². The van der Waals surface area contributed by atoms with Crippen LogP contribution in [0.4, 0.5) is 22.4 Å². The van der Waals surface area contributed by atoms with Crippen molar-refractivity contribution in [2.45, 2.75) is 31.8 Å². The molecule has 1 aliphatic rings. The summed E-state index contributed by atoms with van der Waals surface area (Å²) in [6, 6.07) is 18.7. The van der Waals surface area contributed by atoms with E-state index in [0.717, 1.165) is 16.2 Å². The number of nitrogens with two attached hydrogens (primary N) is 1. The minimum Gasteiger partial charge on any atom is -0.368 e. The third-order valence-electron chi connectivity index (χ3n) is 5.13. The van der Waals surface area contributed by atoms with E-state index in [2.05, 4.69) is 25.6 Å². The maximum atomic E-state index is 13.0. The lowest BCUT2D eigenvalue weighted by molar-refractivity contribution is -0.131. The molecule has 0 saturated carbocycles. The van der Waals surface area contributed by atoms with Gasteiger partial charge in [0.15, 0.2) is 5.82 Å². The molecule has 158 valence electrons. The Morgan fingerprint density at radius 1 is 1.00 bits per heavy atom. The molecular formula is C22H23N7O2. The Kier molecular flexibility index (Phi) is 5.48. The smallest absolute Gasteiger partial charge is 0.325 e. The van der Waals surface area contributed by atoms with E-state index in [-0.39, 0.29) is 30.2 Å². The third kappa shape index (κ3) is 4.61. The van der Waals surface area contributed by atoms with Gasteiger partial charge in [0, 0.05) is 5.69 Å². The second kappa shape index (κ2) is 8.39. The number of imide groups is 1. The van der Waals surface area contributed by atoms with Crippen molar-refractivity contribution in [3.63, 3.8) is 0 Å². The summed E-state index contributed by atoms with van der Waals surface area (Å²) in [6.07, 6.45) is 1.15. The molecule has 1 saturated heterocycles. The van der Waals surface area contributed by atoms with Gasteiger partial charge in [0.25, 0.3) is 5.91 Å². The van der Waals surface area contributed by atoms with Crippen molar-refractivity contribution < 1.29 is 9.59 Å². The number of benzene rings is 2. The second-order valence-corrected chi connectivity index (χ2v) is 7.56. The average molecular weight is 417 g/mol. The molecule has 9 nitrogen and oxygen atoms in total. The summed E-state index contributed by atoms with van der Waals surface area (Å²) in [4.78, 5) is 39.2. The molecule has 1 fully saturated rings. The number of aryl methyl sites for hydroxylation is 1. The molecule has 2 aromatic carbocycles. The number of nitrogens with one attached hydrogen (secondary N) is 2. The number of amides is 3. The molecule has 4 rings (SSSR count). The Morgan fingerprint density at radius 3 is 2.39 bits per heavy atom. The number of anilines is 3. The molecular weight excluding hydrogens is 394 g/mol. The van der Waals surface area contributed by atoms with Crippen LogP contribution in [0, 0.1) is 0 Å². The maximum absolute atomic E-state index is 13.0. The van der Waals surface area contributed by atoms with Crippen molar-refractivity contribution in [1.29, 1.82) is 0 Å². The summed E-state index contributed by atoms with van der Waals surface area (Å²) in [7, 11) is 0. The standard InChI is InChI=1S/C22H23N7O2/c1-22(13-12-15-8-4-2-5-9-15)18(30)29(21(31)28-22)14-17-25-19(23)27-20(26-17)24-16-10-6-3-7-11-16/h2-11H,12-14H2,1H3,(H,28,31)(H3,23,24,25,26,27)/t22-/m0/s1. The molecule has 9 heteroatoms. The molecule has 0 unspecified atom stereocenters. The van der Waals surface area contributed by atoms with E-state index >= 15 is 0 Å². The fraction of sp³-hybridized carbons (Fsp3) is 0.227. The summed E-state index contributed by atoms with van der Waals surface area (Å²) >= 11 is 0. The van der Waals surface area contributed by atoms with Crippen molar-refractivity contribution in [3.05, 3.63) is 72.1 Å². The molecule has 3 aromatic rings. The average Bonchev–Trinajstić information content (AvgIpc) is 2.97. The number of hydrogen-bond donors (Lipinski definition) is 3. The van der Waals surface area contributed by atoms with Crippen molar-refractivity contribution in [1.82, 2.24) is 25.2 Å². The summed E-state index contributed by atoms with van der Waals surface area (Å²) in [5.41, 5.74) is 6.71. The highest BCUT2D eigenvalue weighted by Gasteiger charge is 2.47. The first-order chi connectivity index (χ1) is 14.9. The quantitative estimate of drug-likeness (QED) is 0.505. The molecule has 2 heterocycles. The Labute approximate surface area is 179 Å². The van der Waals surface area contributed by atoms with Crippen molar-refractivity contribution in [3.8, 4) is 0 Å². The molecule has 0 radical (unpaired) electrons. The van der Waals surface area contributed by atoms with Crippen molar-refractivity contribution in [2.75, 3.05) is 11.1 Å². The second-order valence-electron chi connectivity index (χ2n) is 7.56. The predicted molar refractivity (Wildman–Crippen MR) is 116 cm³/mol. The number of nitrogens with zero attached hydrogens (tertiary/aromatic N) is 4. The monoisotopic (exact) mass is 417 g/mol. The molecule has 0 bridgehead atoms. The summed E-state index contributed by atoms with van der Waals surface area (Å²) < 4.78 is 0. The highest BCUT2D eigenvalue weighted by molar-refractivity contribution is 6.06. The number of rotatable bonds is 7. The van der Waals surface area contributed by atoms with E-state index in [4.69, 9.17) is 5.73 Å². The first-order valence-electron chi connectivity index (χ1n) is 9.93. The molecule has 1 aromatic heterocycles. The number of carbonyl (C=O) groups is 2. The first-order valence-corrected chi connectivity index (χ1v) is 9.93. The van der Waals surface area contributed by atoms with Crippen LogP contribution in [-0.4, -0.2) is 37.3 Å². The van der Waals surface area contributed by atoms with Crippen molar-refractivity contribution >= 4 is 29.5 Å². The van der Waals surface area contributed by atoms with Crippen LogP contribution >= 0.6 is 0 Å². The van der Waals surface area contributed by atoms with Gasteiger partial charge in [-0.1, -0.05) is 48.5 Å². The number of carbonyl (C=O) groups excluding carboxylic acids is 2. The van der Waals surface area contributed by atoms with Crippen LogP contribution in [0.5, 0.6) is 0 Å². The minimum atomic E-state index is -0.989. The fourth-order valence-corrected chi connectivity index (χ4v) is 3.46. The van der Waals surface area contributed by atoms with E-state index in [0.29, 0.717) is 12.8 Å². The Balaban J connectivity index is 1.47. The SMILES string of the molecule is C[C@@]1(CCc2ccccc2)NC(=O)N(Cc2nc(N)nc(Nc3ccccc3)n2)C1=O. The Bertz CT molecular complexity index is 1090. The Morgan fingerprint density at radius 2 is 1.68 bits per heavy atom. The molecule has 0 aliphatic carbocycles. The van der Waals surface area contributed by atoms with Gasteiger partial charge in [-0.05, 0) is 37.5 Å². The van der Waals surface area contributed by atoms with Gasteiger partial charge in [-0.25, -0.2) is 4.79 Å². The highest BCUT2D eigenvalue weighted by atomic mass is 16.2. The molecule has 1 aliphatic heterocycles. The van der Waals surface area contributed by atoms with Crippen LogP contribution < -0.4 is 16.4 Å². The van der Waals surface area contributed by atoms with E-state index in [1.807, 2.05) is 60.7 Å². The van der Waals surface area contributed by atoms with E-state index in [1.165, 1.54) is 0 Å². The summed E-state index contributed by atoms with van der Waals surface area (Å²) in [5, 5.41) is 5.85. The first kappa shape index (κ1) is 20.3. The van der Waals surface area contributed by atoms with E-state index in [1.54, 1.807) is 6.92 Å². The van der Waals surface area contributed by atoms with E-state index in [9.17, 15) is 9.59 Å². The molecule has 1 atom stereocenters. The van der Waals surface area contributed by atoms with Crippen LogP contribution in [0.3, 0.4) is 0 Å². The lowest BCUT2D eigenvalue weighted by Crippen LogP contribution is -2.44. The topological polar surface area (TPSA) is 126 Å². The largest absolute Gasteiger partial charge is 0.368 e. The third-order valence-corrected chi connectivity index (χ3v) is 5.13. The van der Waals surface area contributed by atoms with Gasteiger partial charge in [0.1, 0.15) is 5.54 Å². The van der Waals surface area contributed by atoms with Gasteiger partial charge in [-0.2, -0.15) is 15.0 Å². The van der Waals surface area contributed by atoms with Gasteiger partial charge in [-0.15, -0.1) is 0 Å². The lowest BCUT2D eigenvalue weighted by Gasteiger charge is -2.21. The van der Waals surface area contributed by atoms with E-state index < -0.39 is 11.6 Å². The van der Waals surface area contributed by atoms with Gasteiger partial charge in [0.05, 0.1) is 6.54 Å². The lowest BCUT2D eigenvalue weighted by atomic mass is 9.93. The zero-order valence-electron chi connectivity index (χ0n) is 17.1. The highest BCUT2D eigenvalue weighted by Crippen LogP contribution is 2.24. The number of hydrogen-bond acceptors (Lipinski definition) is 7. The zero-order chi connectivity index (χ0) is 21.8. The van der Waals surface area contributed by atoms with Gasteiger partial charge in [-0.3, -0.25) is 9.69 Å². The van der Waals surface area contributed by atoms with Crippen molar-refractivity contribution in [2.24, 2.45) is 0 Å². The van der Waals surface area contributed by atoms with Gasteiger partial charge < -0.3 is 16.4 Å².